The molecule has 2 aromatic carbocycles. The zero-order valence-electron chi connectivity index (χ0n) is 16.2. The van der Waals surface area contributed by atoms with Crippen molar-refractivity contribution in [1.82, 2.24) is 10.6 Å². The first-order valence-corrected chi connectivity index (χ1v) is 8.64. The number of amides is 2. The van der Waals surface area contributed by atoms with Crippen LogP contribution in [0.2, 0.25) is 0 Å². The largest absolute Gasteiger partial charge is 0.497 e. The maximum absolute atomic E-state index is 12.0. The first kappa shape index (κ1) is 23.3. The van der Waals surface area contributed by atoms with Crippen LogP contribution in [0.25, 0.3) is 0 Å². The number of benzene rings is 2. The van der Waals surface area contributed by atoms with Crippen LogP contribution in [0.5, 0.6) is 11.5 Å². The molecule has 2 aromatic rings. The van der Waals surface area contributed by atoms with E-state index in [0.29, 0.717) is 29.3 Å². The van der Waals surface area contributed by atoms with Crippen molar-refractivity contribution in [3.63, 3.8) is 0 Å². The molecular formula is C20H26ClN3O4. The van der Waals surface area contributed by atoms with Crippen molar-refractivity contribution in [3.05, 3.63) is 54.1 Å². The lowest BCUT2D eigenvalue weighted by atomic mass is 10.2. The minimum absolute atomic E-state index is 0. The summed E-state index contributed by atoms with van der Waals surface area (Å²) in [4.78, 5) is 24.0. The van der Waals surface area contributed by atoms with Gasteiger partial charge in [0.05, 0.1) is 7.11 Å². The monoisotopic (exact) mass is 407 g/mol. The molecule has 2 amide bonds. The highest BCUT2D eigenvalue weighted by atomic mass is 35.5. The maximum Gasteiger partial charge on any atom is 0.262 e. The number of carbonyl (C=O) groups excluding carboxylic acids is 2. The topological polar surface area (TPSA) is 88.7 Å². The number of nitrogens with one attached hydrogen (secondary N) is 3. The minimum Gasteiger partial charge on any atom is -0.497 e. The summed E-state index contributed by atoms with van der Waals surface area (Å²) in [5, 5.41) is 8.63. The van der Waals surface area contributed by atoms with Crippen molar-refractivity contribution >= 4 is 29.9 Å². The molecule has 0 aliphatic heterocycles. The van der Waals surface area contributed by atoms with Crippen LogP contribution in [0.15, 0.2) is 48.5 Å². The van der Waals surface area contributed by atoms with Gasteiger partial charge in [-0.3, -0.25) is 9.59 Å². The van der Waals surface area contributed by atoms with E-state index in [1.807, 2.05) is 14.0 Å². The Balaban J connectivity index is 0.00000392. The summed E-state index contributed by atoms with van der Waals surface area (Å²) in [6, 6.07) is 13.9. The second-order valence-electron chi connectivity index (χ2n) is 5.99. The molecule has 0 saturated carbocycles. The molecule has 0 aliphatic carbocycles. The minimum atomic E-state index is -0.286. The van der Waals surface area contributed by atoms with E-state index in [1.165, 1.54) is 0 Å². The highest BCUT2D eigenvalue weighted by Gasteiger charge is 2.08. The van der Waals surface area contributed by atoms with Crippen LogP contribution in [0.1, 0.15) is 17.3 Å². The van der Waals surface area contributed by atoms with Gasteiger partial charge in [-0.25, -0.2) is 0 Å². The van der Waals surface area contributed by atoms with Crippen LogP contribution < -0.4 is 25.4 Å². The van der Waals surface area contributed by atoms with Gasteiger partial charge in [0, 0.05) is 29.9 Å². The molecule has 8 heteroatoms. The summed E-state index contributed by atoms with van der Waals surface area (Å²) in [5.41, 5.74) is 1.16. The van der Waals surface area contributed by atoms with E-state index < -0.39 is 0 Å². The van der Waals surface area contributed by atoms with E-state index in [-0.39, 0.29) is 36.9 Å². The Labute approximate surface area is 171 Å². The van der Waals surface area contributed by atoms with Crippen molar-refractivity contribution in [1.29, 1.82) is 0 Å². The van der Waals surface area contributed by atoms with Gasteiger partial charge in [-0.15, -0.1) is 12.4 Å². The summed E-state index contributed by atoms with van der Waals surface area (Å²) in [6.45, 7) is 2.38. The number of anilines is 1. The van der Waals surface area contributed by atoms with E-state index in [1.54, 1.807) is 55.6 Å². The van der Waals surface area contributed by atoms with Gasteiger partial charge in [0.1, 0.15) is 11.5 Å². The highest BCUT2D eigenvalue weighted by Crippen LogP contribution is 2.17. The molecule has 1 unspecified atom stereocenters. The zero-order valence-corrected chi connectivity index (χ0v) is 17.0. The maximum atomic E-state index is 12.0. The predicted octanol–water partition coefficient (Wildman–Crippen LogP) is 2.47. The molecular weight excluding hydrogens is 382 g/mol. The van der Waals surface area contributed by atoms with Gasteiger partial charge in [-0.05, 0) is 50.4 Å². The Hall–Kier alpha value is -2.77. The molecule has 0 spiro atoms. The van der Waals surface area contributed by atoms with E-state index in [9.17, 15) is 9.59 Å². The molecule has 0 heterocycles. The third-order valence-corrected chi connectivity index (χ3v) is 3.90. The molecule has 7 nitrogen and oxygen atoms in total. The number of rotatable bonds is 9. The van der Waals surface area contributed by atoms with Crippen LogP contribution in [0.3, 0.4) is 0 Å². The van der Waals surface area contributed by atoms with Gasteiger partial charge >= 0.3 is 0 Å². The standard InChI is InChI=1S/C20H25N3O4.ClH/c1-14(21-2)12-22-20(25)15-7-9-17(10-8-15)27-13-19(24)23-16-5-4-6-18(11-16)26-3;/h4-11,14,21H,12-13H2,1-3H3,(H,22,25)(H,23,24);1H. The van der Waals surface area contributed by atoms with Gasteiger partial charge in [-0.1, -0.05) is 6.07 Å². The van der Waals surface area contributed by atoms with Crippen LogP contribution >= 0.6 is 12.4 Å². The molecule has 0 aromatic heterocycles. The molecule has 2 rings (SSSR count). The molecule has 152 valence electrons. The summed E-state index contributed by atoms with van der Waals surface area (Å²) in [6.07, 6.45) is 0. The number of halogens is 1. The number of carbonyl (C=O) groups is 2. The fraction of sp³-hybridized carbons (Fsp3) is 0.300. The smallest absolute Gasteiger partial charge is 0.262 e. The van der Waals surface area contributed by atoms with Gasteiger partial charge in [0.15, 0.2) is 6.61 Å². The third kappa shape index (κ3) is 7.46. The molecule has 0 fully saturated rings. The van der Waals surface area contributed by atoms with Crippen LogP contribution in [0.4, 0.5) is 5.69 Å². The van der Waals surface area contributed by atoms with Crippen molar-refractivity contribution in [2.24, 2.45) is 0 Å². The number of methoxy groups -OCH3 is 1. The number of ether oxygens (including phenoxy) is 2. The summed E-state index contributed by atoms with van der Waals surface area (Å²) in [5.74, 6) is 0.730. The average molecular weight is 408 g/mol. The molecule has 0 radical (unpaired) electrons. The number of hydrogen-bond acceptors (Lipinski definition) is 5. The van der Waals surface area contributed by atoms with Crippen LogP contribution in [-0.4, -0.2) is 45.2 Å². The molecule has 0 saturated heterocycles. The zero-order chi connectivity index (χ0) is 19.6. The van der Waals surface area contributed by atoms with E-state index in [4.69, 9.17) is 9.47 Å². The Kier molecular flexibility index (Phi) is 9.84. The quantitative estimate of drug-likeness (QED) is 0.594. The number of likely N-dealkylation sites (N-methyl/N-ethyl adjacent to an activating group) is 1. The van der Waals surface area contributed by atoms with Crippen molar-refractivity contribution in [2.45, 2.75) is 13.0 Å². The third-order valence-electron chi connectivity index (χ3n) is 3.90. The predicted molar refractivity (Wildman–Crippen MR) is 112 cm³/mol. The second-order valence-corrected chi connectivity index (χ2v) is 5.99. The Morgan fingerprint density at radius 3 is 2.43 bits per heavy atom. The van der Waals surface area contributed by atoms with Gasteiger partial charge in [0.2, 0.25) is 0 Å². The molecule has 3 N–H and O–H groups in total. The Bertz CT molecular complexity index is 768. The fourth-order valence-electron chi connectivity index (χ4n) is 2.20. The van der Waals surface area contributed by atoms with Gasteiger partial charge < -0.3 is 25.4 Å². The average Bonchev–Trinajstić information content (AvgIpc) is 2.70. The van der Waals surface area contributed by atoms with E-state index >= 15 is 0 Å². The lowest BCUT2D eigenvalue weighted by Gasteiger charge is -2.12. The SMILES string of the molecule is CNC(C)CNC(=O)c1ccc(OCC(=O)Nc2cccc(OC)c2)cc1.Cl. The molecule has 0 aliphatic rings. The normalized spacial score (nSPS) is 11.0. The van der Waals surface area contributed by atoms with Crippen molar-refractivity contribution in [3.8, 4) is 11.5 Å². The van der Waals surface area contributed by atoms with Gasteiger partial charge in [0.25, 0.3) is 11.8 Å². The molecule has 28 heavy (non-hydrogen) atoms. The summed E-state index contributed by atoms with van der Waals surface area (Å²) < 4.78 is 10.6. The van der Waals surface area contributed by atoms with Crippen LogP contribution in [0, 0.1) is 0 Å². The first-order chi connectivity index (χ1) is 13.0. The highest BCUT2D eigenvalue weighted by molar-refractivity contribution is 5.94. The lowest BCUT2D eigenvalue weighted by Crippen LogP contribution is -2.37. The summed E-state index contributed by atoms with van der Waals surface area (Å²) in [7, 11) is 3.41. The number of hydrogen-bond donors (Lipinski definition) is 3. The van der Waals surface area contributed by atoms with E-state index in [2.05, 4.69) is 16.0 Å². The second kappa shape index (κ2) is 11.8. The Morgan fingerprint density at radius 2 is 1.79 bits per heavy atom. The van der Waals surface area contributed by atoms with E-state index in [0.717, 1.165) is 0 Å². The molecule has 0 bridgehead atoms. The van der Waals surface area contributed by atoms with Crippen molar-refractivity contribution < 1.29 is 19.1 Å². The fourth-order valence-corrected chi connectivity index (χ4v) is 2.20. The van der Waals surface area contributed by atoms with Crippen molar-refractivity contribution in [2.75, 3.05) is 32.6 Å². The Morgan fingerprint density at radius 1 is 1.07 bits per heavy atom. The van der Waals surface area contributed by atoms with Crippen LogP contribution in [-0.2, 0) is 4.79 Å². The first-order valence-electron chi connectivity index (χ1n) is 8.64. The molecule has 1 atom stereocenters. The summed E-state index contributed by atoms with van der Waals surface area (Å²) >= 11 is 0. The van der Waals surface area contributed by atoms with Gasteiger partial charge in [-0.2, -0.15) is 0 Å². The lowest BCUT2D eigenvalue weighted by molar-refractivity contribution is -0.118.